The van der Waals surface area contributed by atoms with Crippen molar-refractivity contribution in [2.75, 3.05) is 12.3 Å². The summed E-state index contributed by atoms with van der Waals surface area (Å²) < 4.78 is 0. The molecule has 12 nitrogen and oxygen atoms in total. The van der Waals surface area contributed by atoms with Crippen LogP contribution in [-0.4, -0.2) is 39.3 Å². The standard InChI is InChI=1S/C17H20N10O2/c1-2-10(9-4-3-5-22-7-9)24-12(28)8-23-16(29)13-14(19)25-11(6-18)15(26-13)27-17(20)21/h3-5,7,10H,2,8H2,1H3,(H2,19,25)(H,23,29)(H,24,28)(H4,20,21,26,27). The number of anilines is 1. The molecule has 0 aliphatic heterocycles. The number of nitrogen functional groups attached to an aromatic ring is 1. The van der Waals surface area contributed by atoms with Crippen LogP contribution in [0.4, 0.5) is 11.6 Å². The molecule has 0 aliphatic carbocycles. The molecule has 8 N–H and O–H groups in total. The molecule has 150 valence electrons. The van der Waals surface area contributed by atoms with Gasteiger partial charge in [0.15, 0.2) is 29.0 Å². The van der Waals surface area contributed by atoms with Crippen LogP contribution in [0, 0.1) is 11.3 Å². The number of pyridine rings is 1. The average Bonchev–Trinajstić information content (AvgIpc) is 2.71. The number of nitrogens with two attached hydrogens (primary N) is 3. The lowest BCUT2D eigenvalue weighted by atomic mass is 10.1. The van der Waals surface area contributed by atoms with Crippen molar-refractivity contribution in [2.24, 2.45) is 16.5 Å². The molecule has 2 amide bonds. The molecule has 0 bridgehead atoms. The summed E-state index contributed by atoms with van der Waals surface area (Å²) in [6.45, 7) is 1.59. The van der Waals surface area contributed by atoms with Gasteiger partial charge in [-0.25, -0.2) is 9.97 Å². The fourth-order valence-electron chi connectivity index (χ4n) is 2.37. The maximum Gasteiger partial charge on any atom is 0.274 e. The predicted molar refractivity (Wildman–Crippen MR) is 104 cm³/mol. The van der Waals surface area contributed by atoms with Crippen molar-refractivity contribution < 1.29 is 9.59 Å². The summed E-state index contributed by atoms with van der Waals surface area (Å²) >= 11 is 0. The van der Waals surface area contributed by atoms with Crippen LogP contribution < -0.4 is 27.8 Å². The molecular formula is C17H20N10O2. The molecule has 0 radical (unpaired) electrons. The number of rotatable bonds is 7. The van der Waals surface area contributed by atoms with E-state index in [0.29, 0.717) is 6.42 Å². The van der Waals surface area contributed by atoms with E-state index in [9.17, 15) is 9.59 Å². The summed E-state index contributed by atoms with van der Waals surface area (Å²) in [7, 11) is 0. The number of nitrogens with zero attached hydrogens (tertiary/aromatic N) is 5. The van der Waals surface area contributed by atoms with Gasteiger partial charge in [-0.05, 0) is 18.1 Å². The zero-order valence-corrected chi connectivity index (χ0v) is 15.6. The van der Waals surface area contributed by atoms with E-state index < -0.39 is 11.8 Å². The second-order valence-electron chi connectivity index (χ2n) is 5.78. The smallest absolute Gasteiger partial charge is 0.274 e. The van der Waals surface area contributed by atoms with E-state index >= 15 is 0 Å². The molecule has 0 fully saturated rings. The van der Waals surface area contributed by atoms with E-state index in [-0.39, 0.29) is 41.6 Å². The quantitative estimate of drug-likeness (QED) is 0.293. The third-order valence-electron chi connectivity index (χ3n) is 3.70. The van der Waals surface area contributed by atoms with Crippen molar-refractivity contribution in [2.45, 2.75) is 19.4 Å². The van der Waals surface area contributed by atoms with Crippen molar-refractivity contribution in [3.8, 4) is 6.07 Å². The first-order valence-corrected chi connectivity index (χ1v) is 8.50. The van der Waals surface area contributed by atoms with Gasteiger partial charge in [0.05, 0.1) is 12.6 Å². The molecule has 0 saturated carbocycles. The molecule has 2 aromatic heterocycles. The number of guanidine groups is 1. The zero-order chi connectivity index (χ0) is 21.4. The minimum Gasteiger partial charge on any atom is -0.382 e. The van der Waals surface area contributed by atoms with Gasteiger partial charge >= 0.3 is 0 Å². The number of nitriles is 1. The number of nitrogens with one attached hydrogen (secondary N) is 2. The summed E-state index contributed by atoms with van der Waals surface area (Å²) in [6, 6.07) is 5.10. The van der Waals surface area contributed by atoms with Crippen molar-refractivity contribution >= 4 is 29.4 Å². The molecule has 1 atom stereocenters. The van der Waals surface area contributed by atoms with Crippen LogP contribution in [0.25, 0.3) is 0 Å². The molecule has 2 rings (SSSR count). The van der Waals surface area contributed by atoms with Gasteiger partial charge in [-0.2, -0.15) is 10.3 Å². The second-order valence-corrected chi connectivity index (χ2v) is 5.78. The van der Waals surface area contributed by atoms with Crippen LogP contribution in [0.3, 0.4) is 0 Å². The number of aromatic nitrogens is 3. The molecule has 1 unspecified atom stereocenters. The Balaban J connectivity index is 2.08. The molecule has 12 heteroatoms. The molecule has 29 heavy (non-hydrogen) atoms. The van der Waals surface area contributed by atoms with Crippen molar-refractivity contribution in [3.05, 3.63) is 41.5 Å². The first-order chi connectivity index (χ1) is 13.8. The average molecular weight is 396 g/mol. The number of hydrogen-bond acceptors (Lipinski definition) is 8. The van der Waals surface area contributed by atoms with Crippen LogP contribution >= 0.6 is 0 Å². The Morgan fingerprint density at radius 2 is 2.10 bits per heavy atom. The summed E-state index contributed by atoms with van der Waals surface area (Å²) in [4.78, 5) is 39.9. The summed E-state index contributed by atoms with van der Waals surface area (Å²) in [5.74, 6) is -2.10. The first-order valence-electron chi connectivity index (χ1n) is 8.50. The lowest BCUT2D eigenvalue weighted by molar-refractivity contribution is -0.120. The van der Waals surface area contributed by atoms with E-state index in [0.717, 1.165) is 5.56 Å². The Bertz CT molecular complexity index is 964. The summed E-state index contributed by atoms with van der Waals surface area (Å²) in [5.41, 5.74) is 16.5. The molecule has 2 aromatic rings. The second kappa shape index (κ2) is 9.60. The van der Waals surface area contributed by atoms with E-state index in [1.807, 2.05) is 13.0 Å². The molecule has 0 saturated heterocycles. The maximum absolute atomic E-state index is 12.4. The van der Waals surface area contributed by atoms with Gasteiger partial charge in [-0.1, -0.05) is 13.0 Å². The lowest BCUT2D eigenvalue weighted by Crippen LogP contribution is -2.39. The highest BCUT2D eigenvalue weighted by atomic mass is 16.2. The van der Waals surface area contributed by atoms with Gasteiger partial charge < -0.3 is 27.8 Å². The van der Waals surface area contributed by atoms with Crippen molar-refractivity contribution in [1.29, 1.82) is 5.26 Å². The van der Waals surface area contributed by atoms with Crippen LogP contribution in [0.15, 0.2) is 29.5 Å². The molecule has 0 aliphatic rings. The lowest BCUT2D eigenvalue weighted by Gasteiger charge is -2.17. The largest absolute Gasteiger partial charge is 0.382 e. The number of carbonyl (C=O) groups is 2. The fourth-order valence-corrected chi connectivity index (χ4v) is 2.37. The minimum atomic E-state index is -0.767. The monoisotopic (exact) mass is 396 g/mol. The normalized spacial score (nSPS) is 11.0. The Kier molecular flexibility index (Phi) is 6.97. The van der Waals surface area contributed by atoms with Crippen LogP contribution in [0.1, 0.15) is 41.1 Å². The first kappa shape index (κ1) is 21.0. The van der Waals surface area contributed by atoms with Crippen molar-refractivity contribution in [3.63, 3.8) is 0 Å². The Morgan fingerprint density at radius 1 is 1.34 bits per heavy atom. The van der Waals surface area contributed by atoms with Gasteiger partial charge in [-0.3, -0.25) is 14.6 Å². The summed E-state index contributed by atoms with van der Waals surface area (Å²) in [6.07, 6.45) is 3.93. The SMILES string of the molecule is CCC(NC(=O)CNC(=O)c1nc(N=C(N)N)c(C#N)nc1N)c1cccnc1. The highest BCUT2D eigenvalue weighted by Gasteiger charge is 2.19. The Hall–Kier alpha value is -4.27. The third kappa shape index (κ3) is 5.60. The topological polar surface area (TPSA) is 211 Å². The third-order valence-corrected chi connectivity index (χ3v) is 3.70. The molecule has 0 aromatic carbocycles. The van der Waals surface area contributed by atoms with Crippen LogP contribution in [0.2, 0.25) is 0 Å². The molecular weight excluding hydrogens is 376 g/mol. The number of amides is 2. The van der Waals surface area contributed by atoms with Gasteiger partial charge in [0.25, 0.3) is 5.91 Å². The van der Waals surface area contributed by atoms with Gasteiger partial charge in [-0.15, -0.1) is 0 Å². The minimum absolute atomic E-state index is 0.243. The predicted octanol–water partition coefficient (Wildman–Crippen LogP) is -0.772. The van der Waals surface area contributed by atoms with Crippen LogP contribution in [-0.2, 0) is 4.79 Å². The van der Waals surface area contributed by atoms with E-state index in [1.54, 1.807) is 24.5 Å². The van der Waals surface area contributed by atoms with Gasteiger partial charge in [0.2, 0.25) is 5.91 Å². The number of carbonyl (C=O) groups excluding carboxylic acids is 2. The highest BCUT2D eigenvalue weighted by molar-refractivity contribution is 5.98. The number of hydrogen-bond donors (Lipinski definition) is 5. The van der Waals surface area contributed by atoms with Gasteiger partial charge in [0.1, 0.15) is 6.07 Å². The summed E-state index contributed by atoms with van der Waals surface area (Å²) in [5, 5.41) is 14.2. The zero-order valence-electron chi connectivity index (χ0n) is 15.6. The van der Waals surface area contributed by atoms with Crippen molar-refractivity contribution in [1.82, 2.24) is 25.6 Å². The number of aliphatic imine (C=N–C) groups is 1. The Morgan fingerprint density at radius 3 is 2.69 bits per heavy atom. The van der Waals surface area contributed by atoms with E-state index in [2.05, 4.69) is 30.6 Å². The fraction of sp³-hybridized carbons (Fsp3) is 0.235. The maximum atomic E-state index is 12.4. The van der Waals surface area contributed by atoms with Gasteiger partial charge in [0, 0.05) is 12.4 Å². The van der Waals surface area contributed by atoms with Crippen LogP contribution in [0.5, 0.6) is 0 Å². The van der Waals surface area contributed by atoms with E-state index in [1.165, 1.54) is 0 Å². The van der Waals surface area contributed by atoms with E-state index in [4.69, 9.17) is 22.5 Å². The molecule has 0 spiro atoms. The molecule has 2 heterocycles. The Labute approximate surface area is 166 Å². The highest BCUT2D eigenvalue weighted by Crippen LogP contribution is 2.18.